The Morgan fingerprint density at radius 2 is 1.77 bits per heavy atom. The SMILES string of the molecule is COc1cccc([C@]2(C)NC(=O)N(NC(=O)COc3ccc4ccccc4c3)C2=O)c1. The molecule has 1 aliphatic rings. The van der Waals surface area contributed by atoms with Crippen molar-refractivity contribution in [3.8, 4) is 11.5 Å². The highest BCUT2D eigenvalue weighted by atomic mass is 16.5. The van der Waals surface area contributed by atoms with Crippen LogP contribution in [0.15, 0.2) is 66.7 Å². The van der Waals surface area contributed by atoms with E-state index < -0.39 is 23.4 Å². The summed E-state index contributed by atoms with van der Waals surface area (Å²) >= 11 is 0. The van der Waals surface area contributed by atoms with Crippen LogP contribution in [0, 0.1) is 0 Å². The maximum absolute atomic E-state index is 12.9. The van der Waals surface area contributed by atoms with Gasteiger partial charge in [-0.1, -0.05) is 42.5 Å². The zero-order valence-corrected chi connectivity index (χ0v) is 17.0. The molecule has 8 nitrogen and oxygen atoms in total. The van der Waals surface area contributed by atoms with Gasteiger partial charge in [0.05, 0.1) is 7.11 Å². The highest BCUT2D eigenvalue weighted by Crippen LogP contribution is 2.30. The summed E-state index contributed by atoms with van der Waals surface area (Å²) in [6.07, 6.45) is 0. The number of hydrazine groups is 1. The minimum absolute atomic E-state index is 0.356. The molecule has 1 fully saturated rings. The van der Waals surface area contributed by atoms with Gasteiger partial charge in [-0.25, -0.2) is 4.79 Å². The summed E-state index contributed by atoms with van der Waals surface area (Å²) in [4.78, 5) is 37.7. The van der Waals surface area contributed by atoms with E-state index in [4.69, 9.17) is 9.47 Å². The zero-order chi connectivity index (χ0) is 22.0. The number of ether oxygens (including phenoxy) is 2. The number of benzene rings is 3. The third-order valence-corrected chi connectivity index (χ3v) is 5.17. The minimum Gasteiger partial charge on any atom is -0.497 e. The predicted molar refractivity (Wildman–Crippen MR) is 113 cm³/mol. The Labute approximate surface area is 178 Å². The van der Waals surface area contributed by atoms with Crippen LogP contribution in [0.1, 0.15) is 12.5 Å². The average molecular weight is 419 g/mol. The zero-order valence-electron chi connectivity index (χ0n) is 17.0. The number of hydrogen-bond acceptors (Lipinski definition) is 5. The fourth-order valence-corrected chi connectivity index (χ4v) is 3.43. The molecule has 2 N–H and O–H groups in total. The van der Waals surface area contributed by atoms with Gasteiger partial charge >= 0.3 is 6.03 Å². The van der Waals surface area contributed by atoms with Crippen LogP contribution in [0.2, 0.25) is 0 Å². The van der Waals surface area contributed by atoms with Gasteiger partial charge in [-0.05, 0) is 47.5 Å². The molecule has 0 spiro atoms. The predicted octanol–water partition coefficient (Wildman–Crippen LogP) is 2.73. The summed E-state index contributed by atoms with van der Waals surface area (Å²) in [6.45, 7) is 1.21. The van der Waals surface area contributed by atoms with Crippen molar-refractivity contribution in [1.29, 1.82) is 0 Å². The van der Waals surface area contributed by atoms with Gasteiger partial charge in [0.15, 0.2) is 6.61 Å². The van der Waals surface area contributed by atoms with Crippen molar-refractivity contribution in [3.63, 3.8) is 0 Å². The molecular formula is C23H21N3O5. The Bertz CT molecular complexity index is 1180. The molecule has 4 rings (SSSR count). The third kappa shape index (κ3) is 3.87. The first-order chi connectivity index (χ1) is 14.9. The molecule has 3 aromatic rings. The standard InChI is InChI=1S/C23H21N3O5/c1-23(17-8-5-9-18(13-17)30-2)21(28)26(22(29)24-23)25-20(27)14-31-19-11-10-15-6-3-4-7-16(15)12-19/h3-13H,14H2,1-2H3,(H,24,29)(H,25,27)/t23-/m0/s1. The van der Waals surface area contributed by atoms with Gasteiger partial charge < -0.3 is 14.8 Å². The molecule has 0 aromatic heterocycles. The fourth-order valence-electron chi connectivity index (χ4n) is 3.43. The van der Waals surface area contributed by atoms with Crippen molar-refractivity contribution in [1.82, 2.24) is 15.8 Å². The monoisotopic (exact) mass is 419 g/mol. The molecule has 3 aromatic carbocycles. The molecule has 0 bridgehead atoms. The van der Waals surface area contributed by atoms with E-state index >= 15 is 0 Å². The first kappa shape index (κ1) is 20.2. The van der Waals surface area contributed by atoms with E-state index in [0.717, 1.165) is 10.8 Å². The maximum atomic E-state index is 12.9. The highest BCUT2D eigenvalue weighted by molar-refractivity contribution is 6.08. The Morgan fingerprint density at radius 1 is 1.00 bits per heavy atom. The van der Waals surface area contributed by atoms with Gasteiger partial charge in [0, 0.05) is 0 Å². The van der Waals surface area contributed by atoms with Crippen molar-refractivity contribution >= 4 is 28.6 Å². The van der Waals surface area contributed by atoms with Gasteiger partial charge in [0.25, 0.3) is 11.8 Å². The normalized spacial score (nSPS) is 18.1. The average Bonchev–Trinajstić information content (AvgIpc) is 3.01. The molecule has 31 heavy (non-hydrogen) atoms. The molecule has 4 amide bonds. The van der Waals surface area contributed by atoms with Crippen LogP contribution in [0.3, 0.4) is 0 Å². The van der Waals surface area contributed by atoms with Crippen LogP contribution >= 0.6 is 0 Å². The van der Waals surface area contributed by atoms with Crippen LogP contribution < -0.4 is 20.2 Å². The van der Waals surface area contributed by atoms with Gasteiger partial charge in [0.2, 0.25) is 0 Å². The molecule has 1 saturated heterocycles. The van der Waals surface area contributed by atoms with Crippen molar-refractivity contribution in [3.05, 3.63) is 72.3 Å². The Kier molecular flexibility index (Phi) is 5.21. The number of carbonyl (C=O) groups is 3. The molecule has 0 aliphatic carbocycles. The van der Waals surface area contributed by atoms with Crippen LogP contribution in [-0.2, 0) is 15.1 Å². The molecule has 8 heteroatoms. The van der Waals surface area contributed by atoms with Crippen molar-refractivity contribution in [2.45, 2.75) is 12.5 Å². The lowest BCUT2D eigenvalue weighted by atomic mass is 9.92. The molecule has 0 saturated carbocycles. The number of amides is 4. The number of nitrogens with one attached hydrogen (secondary N) is 2. The first-order valence-corrected chi connectivity index (χ1v) is 9.63. The van der Waals surface area contributed by atoms with Gasteiger partial charge in [0.1, 0.15) is 17.0 Å². The Hall–Kier alpha value is -4.07. The molecular weight excluding hydrogens is 398 g/mol. The van der Waals surface area contributed by atoms with Crippen LogP contribution in [-0.4, -0.2) is 36.6 Å². The summed E-state index contributed by atoms with van der Waals surface area (Å²) in [5.74, 6) is -0.185. The first-order valence-electron chi connectivity index (χ1n) is 9.63. The second-order valence-electron chi connectivity index (χ2n) is 7.26. The van der Waals surface area contributed by atoms with Gasteiger partial charge in [-0.15, -0.1) is 0 Å². The lowest BCUT2D eigenvalue weighted by Gasteiger charge is -2.22. The number of nitrogens with zero attached hydrogens (tertiary/aromatic N) is 1. The van der Waals surface area contributed by atoms with Gasteiger partial charge in [-0.2, -0.15) is 5.01 Å². The lowest BCUT2D eigenvalue weighted by Crippen LogP contribution is -2.49. The topological polar surface area (TPSA) is 97.0 Å². The minimum atomic E-state index is -1.34. The Balaban J connectivity index is 1.42. The van der Waals surface area contributed by atoms with Crippen molar-refractivity contribution in [2.24, 2.45) is 0 Å². The van der Waals surface area contributed by atoms with Gasteiger partial charge in [-0.3, -0.25) is 15.0 Å². The van der Waals surface area contributed by atoms with E-state index in [9.17, 15) is 14.4 Å². The number of fused-ring (bicyclic) bond motifs is 1. The summed E-state index contributed by atoms with van der Waals surface area (Å²) in [6, 6.07) is 19.3. The van der Waals surface area contributed by atoms with E-state index in [-0.39, 0.29) is 6.61 Å². The van der Waals surface area contributed by atoms with E-state index in [0.29, 0.717) is 22.1 Å². The number of methoxy groups -OCH3 is 1. The van der Waals surface area contributed by atoms with E-state index in [1.807, 2.05) is 36.4 Å². The van der Waals surface area contributed by atoms with Crippen molar-refractivity contribution < 1.29 is 23.9 Å². The fraction of sp³-hybridized carbons (Fsp3) is 0.174. The molecule has 1 atom stereocenters. The summed E-state index contributed by atoms with van der Waals surface area (Å²) in [5, 5.41) is 5.32. The molecule has 0 radical (unpaired) electrons. The summed E-state index contributed by atoms with van der Waals surface area (Å²) in [5.41, 5.74) is 1.52. The van der Waals surface area contributed by atoms with Crippen molar-refractivity contribution in [2.75, 3.05) is 13.7 Å². The maximum Gasteiger partial charge on any atom is 0.344 e. The smallest absolute Gasteiger partial charge is 0.344 e. The van der Waals surface area contributed by atoms with Crippen LogP contribution in [0.25, 0.3) is 10.8 Å². The quantitative estimate of drug-likeness (QED) is 0.599. The molecule has 1 aliphatic heterocycles. The number of imide groups is 1. The van der Waals surface area contributed by atoms with E-state index in [1.165, 1.54) is 7.11 Å². The van der Waals surface area contributed by atoms with E-state index in [1.54, 1.807) is 37.3 Å². The second kappa shape index (κ2) is 7.98. The molecule has 1 heterocycles. The molecule has 0 unspecified atom stereocenters. The summed E-state index contributed by atoms with van der Waals surface area (Å²) in [7, 11) is 1.51. The Morgan fingerprint density at radius 3 is 2.55 bits per heavy atom. The number of urea groups is 1. The summed E-state index contributed by atoms with van der Waals surface area (Å²) < 4.78 is 10.7. The number of carbonyl (C=O) groups excluding carboxylic acids is 3. The second-order valence-corrected chi connectivity index (χ2v) is 7.26. The number of hydrogen-bond donors (Lipinski definition) is 2. The largest absolute Gasteiger partial charge is 0.497 e. The third-order valence-electron chi connectivity index (χ3n) is 5.17. The van der Waals surface area contributed by atoms with E-state index in [2.05, 4.69) is 10.7 Å². The lowest BCUT2D eigenvalue weighted by molar-refractivity contribution is -0.139. The number of rotatable bonds is 6. The molecule has 158 valence electrons. The van der Waals surface area contributed by atoms with Crippen LogP contribution in [0.5, 0.6) is 11.5 Å². The highest BCUT2D eigenvalue weighted by Gasteiger charge is 2.50. The van der Waals surface area contributed by atoms with Crippen LogP contribution in [0.4, 0.5) is 4.79 Å².